The van der Waals surface area contributed by atoms with Gasteiger partial charge in [0.2, 0.25) is 5.91 Å². The maximum absolute atomic E-state index is 12.9. The SMILES string of the molecule is COCC(Nc1ccc(F)cc1)(C(N)=O)C1CC1. The van der Waals surface area contributed by atoms with Crippen molar-refractivity contribution in [3.63, 3.8) is 0 Å². The van der Waals surface area contributed by atoms with Crippen LogP contribution in [-0.4, -0.2) is 25.2 Å². The van der Waals surface area contributed by atoms with E-state index in [1.165, 1.54) is 19.2 Å². The zero-order valence-corrected chi connectivity index (χ0v) is 10.3. The van der Waals surface area contributed by atoms with E-state index < -0.39 is 11.4 Å². The van der Waals surface area contributed by atoms with E-state index in [-0.39, 0.29) is 18.3 Å². The third-order valence-corrected chi connectivity index (χ3v) is 3.30. The minimum atomic E-state index is -0.896. The number of anilines is 1. The second kappa shape index (κ2) is 4.94. The predicted molar refractivity (Wildman–Crippen MR) is 66.5 cm³/mol. The first-order chi connectivity index (χ1) is 8.58. The molecular weight excluding hydrogens is 235 g/mol. The smallest absolute Gasteiger partial charge is 0.245 e. The second-order valence-electron chi connectivity index (χ2n) is 4.67. The normalized spacial score (nSPS) is 18.1. The average molecular weight is 252 g/mol. The summed E-state index contributed by atoms with van der Waals surface area (Å²) in [7, 11) is 1.53. The summed E-state index contributed by atoms with van der Waals surface area (Å²) in [5, 5.41) is 3.12. The molecule has 2 rings (SSSR count). The number of carbonyl (C=O) groups excluding carboxylic acids is 1. The maximum Gasteiger partial charge on any atom is 0.245 e. The fourth-order valence-electron chi connectivity index (χ4n) is 2.18. The molecule has 1 fully saturated rings. The maximum atomic E-state index is 12.9. The van der Waals surface area contributed by atoms with Gasteiger partial charge < -0.3 is 15.8 Å². The van der Waals surface area contributed by atoms with Gasteiger partial charge in [0.1, 0.15) is 11.4 Å². The third-order valence-electron chi connectivity index (χ3n) is 3.30. The number of carbonyl (C=O) groups is 1. The largest absolute Gasteiger partial charge is 0.382 e. The molecule has 1 aromatic carbocycles. The molecule has 18 heavy (non-hydrogen) atoms. The lowest BCUT2D eigenvalue weighted by molar-refractivity contribution is -0.124. The number of halogens is 1. The average Bonchev–Trinajstić information content (AvgIpc) is 3.15. The van der Waals surface area contributed by atoms with Crippen LogP contribution in [0.25, 0.3) is 0 Å². The van der Waals surface area contributed by atoms with Gasteiger partial charge in [-0.05, 0) is 43.0 Å². The molecule has 1 amide bonds. The summed E-state index contributed by atoms with van der Waals surface area (Å²) in [6.07, 6.45) is 1.89. The van der Waals surface area contributed by atoms with Crippen LogP contribution < -0.4 is 11.1 Å². The van der Waals surface area contributed by atoms with E-state index >= 15 is 0 Å². The first kappa shape index (κ1) is 12.8. The Morgan fingerprint density at radius 2 is 2.11 bits per heavy atom. The van der Waals surface area contributed by atoms with Gasteiger partial charge in [-0.1, -0.05) is 0 Å². The number of amides is 1. The van der Waals surface area contributed by atoms with Crippen LogP contribution >= 0.6 is 0 Å². The van der Waals surface area contributed by atoms with Gasteiger partial charge in [0.25, 0.3) is 0 Å². The van der Waals surface area contributed by atoms with E-state index in [0.717, 1.165) is 12.8 Å². The summed E-state index contributed by atoms with van der Waals surface area (Å²) in [4.78, 5) is 11.8. The Balaban J connectivity index is 2.23. The van der Waals surface area contributed by atoms with E-state index in [1.54, 1.807) is 12.1 Å². The number of methoxy groups -OCH3 is 1. The van der Waals surface area contributed by atoms with E-state index in [4.69, 9.17) is 10.5 Å². The zero-order valence-electron chi connectivity index (χ0n) is 10.3. The van der Waals surface area contributed by atoms with E-state index in [0.29, 0.717) is 5.69 Å². The summed E-state index contributed by atoms with van der Waals surface area (Å²) in [6.45, 7) is 0.213. The highest BCUT2D eigenvalue weighted by Crippen LogP contribution is 2.41. The molecule has 0 radical (unpaired) electrons. The molecule has 1 unspecified atom stereocenters. The van der Waals surface area contributed by atoms with Crippen LogP contribution in [0, 0.1) is 11.7 Å². The zero-order chi connectivity index (χ0) is 13.2. The summed E-state index contributed by atoms with van der Waals surface area (Å²) in [5.41, 5.74) is 5.29. The van der Waals surface area contributed by atoms with Crippen LogP contribution in [0.3, 0.4) is 0 Å². The lowest BCUT2D eigenvalue weighted by Crippen LogP contribution is -2.55. The molecule has 1 atom stereocenters. The highest BCUT2D eigenvalue weighted by Gasteiger charge is 2.50. The molecule has 3 N–H and O–H groups in total. The highest BCUT2D eigenvalue weighted by molar-refractivity contribution is 5.89. The quantitative estimate of drug-likeness (QED) is 0.806. The molecule has 0 saturated heterocycles. The Labute approximate surface area is 105 Å². The number of rotatable bonds is 6. The fourth-order valence-corrected chi connectivity index (χ4v) is 2.18. The molecule has 0 spiro atoms. The van der Waals surface area contributed by atoms with Gasteiger partial charge in [-0.15, -0.1) is 0 Å². The van der Waals surface area contributed by atoms with Crippen LogP contribution in [0.1, 0.15) is 12.8 Å². The van der Waals surface area contributed by atoms with Crippen molar-refractivity contribution in [3.05, 3.63) is 30.1 Å². The van der Waals surface area contributed by atoms with Crippen molar-refractivity contribution >= 4 is 11.6 Å². The first-order valence-electron chi connectivity index (χ1n) is 5.91. The van der Waals surface area contributed by atoms with Gasteiger partial charge in [-0.25, -0.2) is 4.39 Å². The third kappa shape index (κ3) is 2.46. The lowest BCUT2D eigenvalue weighted by Gasteiger charge is -2.32. The minimum absolute atomic E-state index is 0.181. The molecule has 0 heterocycles. The van der Waals surface area contributed by atoms with Crippen molar-refractivity contribution in [2.75, 3.05) is 19.0 Å². The lowest BCUT2D eigenvalue weighted by atomic mass is 9.92. The number of nitrogens with one attached hydrogen (secondary N) is 1. The standard InChI is InChI=1S/C13H17FN2O2/c1-18-8-13(12(15)17,9-2-3-9)16-11-6-4-10(14)5-7-11/h4-7,9,16H,2-3,8H2,1H3,(H2,15,17). The van der Waals surface area contributed by atoms with Crippen molar-refractivity contribution in [3.8, 4) is 0 Å². The monoisotopic (exact) mass is 252 g/mol. The van der Waals surface area contributed by atoms with Crippen LogP contribution in [0.5, 0.6) is 0 Å². The Morgan fingerprint density at radius 1 is 1.50 bits per heavy atom. The van der Waals surface area contributed by atoms with Gasteiger partial charge in [-0.2, -0.15) is 0 Å². The fraction of sp³-hybridized carbons (Fsp3) is 0.462. The van der Waals surface area contributed by atoms with Gasteiger partial charge in [0.15, 0.2) is 0 Å². The summed E-state index contributed by atoms with van der Waals surface area (Å²) < 4.78 is 18.0. The second-order valence-corrected chi connectivity index (χ2v) is 4.67. The Hall–Kier alpha value is -1.62. The van der Waals surface area contributed by atoms with E-state index in [2.05, 4.69) is 5.32 Å². The molecule has 1 aromatic rings. The van der Waals surface area contributed by atoms with Gasteiger partial charge in [0.05, 0.1) is 6.61 Å². The number of benzene rings is 1. The van der Waals surface area contributed by atoms with Crippen molar-refractivity contribution in [2.45, 2.75) is 18.4 Å². The molecule has 0 aliphatic heterocycles. The summed E-state index contributed by atoms with van der Waals surface area (Å²) in [5.74, 6) is -0.570. The molecule has 0 aromatic heterocycles. The molecular formula is C13H17FN2O2. The summed E-state index contributed by atoms with van der Waals surface area (Å²) in [6, 6.07) is 5.86. The topological polar surface area (TPSA) is 64.3 Å². The van der Waals surface area contributed by atoms with E-state index in [9.17, 15) is 9.18 Å². The minimum Gasteiger partial charge on any atom is -0.382 e. The van der Waals surface area contributed by atoms with Crippen LogP contribution in [-0.2, 0) is 9.53 Å². The van der Waals surface area contributed by atoms with Crippen LogP contribution in [0.2, 0.25) is 0 Å². The summed E-state index contributed by atoms with van der Waals surface area (Å²) >= 11 is 0. The molecule has 1 aliphatic rings. The highest BCUT2D eigenvalue weighted by atomic mass is 19.1. The van der Waals surface area contributed by atoms with Crippen LogP contribution in [0.4, 0.5) is 10.1 Å². The van der Waals surface area contributed by atoms with Gasteiger partial charge in [-0.3, -0.25) is 4.79 Å². The van der Waals surface area contributed by atoms with E-state index in [1.807, 2.05) is 0 Å². The number of nitrogens with two attached hydrogens (primary N) is 1. The Bertz CT molecular complexity index is 431. The molecule has 98 valence electrons. The van der Waals surface area contributed by atoms with Gasteiger partial charge in [0, 0.05) is 12.8 Å². The van der Waals surface area contributed by atoms with Crippen molar-refractivity contribution in [2.24, 2.45) is 11.7 Å². The van der Waals surface area contributed by atoms with Crippen molar-refractivity contribution in [1.82, 2.24) is 0 Å². The number of ether oxygens (including phenoxy) is 1. The Kier molecular flexibility index (Phi) is 3.52. The number of hydrogen-bond acceptors (Lipinski definition) is 3. The van der Waals surface area contributed by atoms with Crippen molar-refractivity contribution < 1.29 is 13.9 Å². The molecule has 4 nitrogen and oxygen atoms in total. The number of primary amides is 1. The molecule has 1 aliphatic carbocycles. The van der Waals surface area contributed by atoms with Crippen molar-refractivity contribution in [1.29, 1.82) is 0 Å². The van der Waals surface area contributed by atoms with Gasteiger partial charge >= 0.3 is 0 Å². The number of hydrogen-bond donors (Lipinski definition) is 2. The van der Waals surface area contributed by atoms with Crippen LogP contribution in [0.15, 0.2) is 24.3 Å². The molecule has 1 saturated carbocycles. The molecule has 5 heteroatoms. The Morgan fingerprint density at radius 3 is 2.56 bits per heavy atom. The molecule has 0 bridgehead atoms. The predicted octanol–water partition coefficient (Wildman–Crippen LogP) is 1.52. The first-order valence-corrected chi connectivity index (χ1v) is 5.91.